The molecule has 1 aliphatic rings. The summed E-state index contributed by atoms with van der Waals surface area (Å²) in [5, 5.41) is 3.78. The van der Waals surface area contributed by atoms with Gasteiger partial charge in [0, 0.05) is 36.4 Å². The highest BCUT2D eigenvalue weighted by Crippen LogP contribution is 2.28. The number of carbonyl (C=O) groups excluding carboxylic acids is 1. The average Bonchev–Trinajstić information content (AvgIpc) is 2.73. The number of hydrogen-bond acceptors (Lipinski definition) is 7. The van der Waals surface area contributed by atoms with Crippen molar-refractivity contribution in [3.05, 3.63) is 59.4 Å². The quantitative estimate of drug-likeness (QED) is 0.718. The van der Waals surface area contributed by atoms with E-state index < -0.39 is 21.8 Å². The Kier molecular flexibility index (Phi) is 7.17. The van der Waals surface area contributed by atoms with Crippen molar-refractivity contribution in [2.24, 2.45) is 0 Å². The minimum atomic E-state index is -3.28. The summed E-state index contributed by atoms with van der Waals surface area (Å²) in [6, 6.07) is 8.54. The predicted molar refractivity (Wildman–Crippen MR) is 112 cm³/mol. The minimum absolute atomic E-state index is 0.0469. The molecular formula is C21H25N3O5S. The lowest BCUT2D eigenvalue weighted by Gasteiger charge is -2.21. The van der Waals surface area contributed by atoms with Crippen molar-refractivity contribution in [3.63, 3.8) is 0 Å². The van der Waals surface area contributed by atoms with Gasteiger partial charge in [-0.25, -0.2) is 13.4 Å². The van der Waals surface area contributed by atoms with Crippen LogP contribution in [0.5, 0.6) is 11.6 Å². The van der Waals surface area contributed by atoms with Crippen molar-refractivity contribution >= 4 is 15.7 Å². The molecule has 2 unspecified atom stereocenters. The molecule has 2 heterocycles. The Morgan fingerprint density at radius 3 is 2.77 bits per heavy atom. The zero-order valence-corrected chi connectivity index (χ0v) is 17.8. The highest BCUT2D eigenvalue weighted by atomic mass is 32.2. The first-order valence-corrected chi connectivity index (χ1v) is 11.6. The third-order valence-electron chi connectivity index (χ3n) is 4.47. The van der Waals surface area contributed by atoms with E-state index in [1.165, 1.54) is 12.3 Å². The maximum atomic E-state index is 12.8. The third kappa shape index (κ3) is 6.36. The topological polar surface area (TPSA) is 107 Å². The molecule has 0 aliphatic carbocycles. The largest absolute Gasteiger partial charge is 0.438 e. The summed E-state index contributed by atoms with van der Waals surface area (Å²) in [5.74, 6) is 0.848. The van der Waals surface area contributed by atoms with E-state index in [9.17, 15) is 13.2 Å². The summed E-state index contributed by atoms with van der Waals surface area (Å²) in [5.41, 5.74) is 0.166. The smallest absolute Gasteiger partial charge is 0.258 e. The molecular weight excluding hydrogens is 406 g/mol. The number of nitrogens with zero attached hydrogens (tertiary/aromatic N) is 2. The van der Waals surface area contributed by atoms with Crippen molar-refractivity contribution in [1.29, 1.82) is 0 Å². The van der Waals surface area contributed by atoms with Gasteiger partial charge in [0.1, 0.15) is 17.1 Å². The number of rotatable bonds is 7. The minimum Gasteiger partial charge on any atom is -0.438 e. The van der Waals surface area contributed by atoms with Gasteiger partial charge in [0.2, 0.25) is 5.88 Å². The molecule has 3 rings (SSSR count). The summed E-state index contributed by atoms with van der Waals surface area (Å²) < 4.78 is 34.0. The second kappa shape index (κ2) is 9.82. The number of amides is 1. The Balaban J connectivity index is 1.85. The zero-order chi connectivity index (χ0) is 21.6. The van der Waals surface area contributed by atoms with Crippen LogP contribution in [0.25, 0.3) is 0 Å². The molecule has 1 aromatic carbocycles. The van der Waals surface area contributed by atoms with Crippen LogP contribution in [0.1, 0.15) is 41.9 Å². The van der Waals surface area contributed by atoms with E-state index >= 15 is 0 Å². The fourth-order valence-corrected chi connectivity index (χ4v) is 3.47. The van der Waals surface area contributed by atoms with Gasteiger partial charge in [-0.05, 0) is 31.9 Å². The Bertz CT molecular complexity index is 1000. The van der Waals surface area contributed by atoms with Crippen LogP contribution in [0.15, 0.2) is 48.0 Å². The molecule has 160 valence electrons. The summed E-state index contributed by atoms with van der Waals surface area (Å²) in [6.45, 7) is 2.93. The van der Waals surface area contributed by atoms with Gasteiger partial charge in [0.25, 0.3) is 5.91 Å². The number of sulfone groups is 1. The first-order chi connectivity index (χ1) is 14.3. The standard InChI is InChI=1S/C21H25N3O5S/c1-15(10-12-30(2,26)27)23-20(25)18-13-22-19(16-7-6-11-28-14-16)24-21(18)29-17-8-4-3-5-9-17/h3-5,8-10,12-13,15-16H,6-7,11,14H2,1-2H3,(H,23,25)/b12-10+. The van der Waals surface area contributed by atoms with Gasteiger partial charge in [-0.3, -0.25) is 4.79 Å². The van der Waals surface area contributed by atoms with Gasteiger partial charge in [-0.1, -0.05) is 24.3 Å². The van der Waals surface area contributed by atoms with Gasteiger partial charge >= 0.3 is 0 Å². The van der Waals surface area contributed by atoms with E-state index in [-0.39, 0.29) is 17.4 Å². The van der Waals surface area contributed by atoms with Crippen LogP contribution in [0, 0.1) is 0 Å². The van der Waals surface area contributed by atoms with Crippen LogP contribution < -0.4 is 10.1 Å². The van der Waals surface area contributed by atoms with Crippen molar-refractivity contribution < 1.29 is 22.7 Å². The molecule has 0 spiro atoms. The Labute approximate surface area is 176 Å². The normalized spacial score (nSPS) is 18.1. The van der Waals surface area contributed by atoms with E-state index in [1.54, 1.807) is 19.1 Å². The zero-order valence-electron chi connectivity index (χ0n) is 16.9. The number of benzene rings is 1. The highest BCUT2D eigenvalue weighted by molar-refractivity contribution is 7.93. The van der Waals surface area contributed by atoms with E-state index in [1.807, 2.05) is 18.2 Å². The van der Waals surface area contributed by atoms with Crippen LogP contribution >= 0.6 is 0 Å². The lowest BCUT2D eigenvalue weighted by Crippen LogP contribution is -2.32. The third-order valence-corrected chi connectivity index (χ3v) is 5.12. The molecule has 2 aromatic rings. The molecule has 2 atom stereocenters. The number of carbonyl (C=O) groups is 1. The fourth-order valence-electron chi connectivity index (χ4n) is 2.95. The van der Waals surface area contributed by atoms with Gasteiger partial charge in [0.15, 0.2) is 9.84 Å². The molecule has 1 saturated heterocycles. The second-order valence-electron chi connectivity index (χ2n) is 7.20. The molecule has 1 aromatic heterocycles. The van der Waals surface area contributed by atoms with E-state index in [4.69, 9.17) is 9.47 Å². The number of hydrogen-bond donors (Lipinski definition) is 1. The number of nitrogens with one attached hydrogen (secondary N) is 1. The van der Waals surface area contributed by atoms with Gasteiger partial charge < -0.3 is 14.8 Å². The lowest BCUT2D eigenvalue weighted by molar-refractivity contribution is 0.0778. The summed E-state index contributed by atoms with van der Waals surface area (Å²) in [6.07, 6.45) is 5.77. The number of aromatic nitrogens is 2. The highest BCUT2D eigenvalue weighted by Gasteiger charge is 2.23. The van der Waals surface area contributed by atoms with Crippen LogP contribution in [0.3, 0.4) is 0 Å². The Morgan fingerprint density at radius 1 is 1.33 bits per heavy atom. The second-order valence-corrected chi connectivity index (χ2v) is 9.13. The Morgan fingerprint density at radius 2 is 2.10 bits per heavy atom. The average molecular weight is 432 g/mol. The van der Waals surface area contributed by atoms with Gasteiger partial charge in [-0.15, -0.1) is 0 Å². The SMILES string of the molecule is CC(/C=C/S(C)(=O)=O)NC(=O)c1cnc(C2CCCOC2)nc1Oc1ccccc1. The molecule has 1 aliphatic heterocycles. The first-order valence-electron chi connectivity index (χ1n) is 9.68. The van der Waals surface area contributed by atoms with Gasteiger partial charge in [0.05, 0.1) is 6.61 Å². The van der Waals surface area contributed by atoms with Crippen molar-refractivity contribution in [2.45, 2.75) is 31.7 Å². The van der Waals surface area contributed by atoms with Crippen LogP contribution in [0.2, 0.25) is 0 Å². The van der Waals surface area contributed by atoms with E-state index in [0.29, 0.717) is 18.2 Å². The maximum absolute atomic E-state index is 12.8. The Hall–Kier alpha value is -2.78. The van der Waals surface area contributed by atoms with Crippen LogP contribution in [-0.4, -0.2) is 49.8 Å². The molecule has 1 N–H and O–H groups in total. The molecule has 8 nitrogen and oxygen atoms in total. The van der Waals surface area contributed by atoms with Crippen molar-refractivity contribution in [1.82, 2.24) is 15.3 Å². The van der Waals surface area contributed by atoms with Crippen LogP contribution in [0.4, 0.5) is 0 Å². The molecule has 1 amide bonds. The van der Waals surface area contributed by atoms with Crippen LogP contribution in [-0.2, 0) is 14.6 Å². The van der Waals surface area contributed by atoms with E-state index in [2.05, 4.69) is 15.3 Å². The lowest BCUT2D eigenvalue weighted by atomic mass is 10.0. The molecule has 0 radical (unpaired) electrons. The van der Waals surface area contributed by atoms with Crippen molar-refractivity contribution in [3.8, 4) is 11.6 Å². The monoisotopic (exact) mass is 431 g/mol. The summed E-state index contributed by atoms with van der Waals surface area (Å²) in [7, 11) is -3.28. The first kappa shape index (κ1) is 21.9. The summed E-state index contributed by atoms with van der Waals surface area (Å²) in [4.78, 5) is 21.7. The fraction of sp³-hybridized carbons (Fsp3) is 0.381. The van der Waals surface area contributed by atoms with Gasteiger partial charge in [-0.2, -0.15) is 4.98 Å². The maximum Gasteiger partial charge on any atom is 0.258 e. The molecule has 9 heteroatoms. The molecule has 0 bridgehead atoms. The number of ether oxygens (including phenoxy) is 2. The van der Waals surface area contributed by atoms with E-state index in [0.717, 1.165) is 31.1 Å². The van der Waals surface area contributed by atoms with Crippen molar-refractivity contribution in [2.75, 3.05) is 19.5 Å². The summed E-state index contributed by atoms with van der Waals surface area (Å²) >= 11 is 0. The molecule has 0 saturated carbocycles. The molecule has 30 heavy (non-hydrogen) atoms. The predicted octanol–water partition coefficient (Wildman–Crippen LogP) is 2.84. The number of para-hydroxylation sites is 1. The molecule has 1 fully saturated rings.